The number of benzene rings is 5. The molecular formula is C39H34F6O6S2. The van der Waals surface area contributed by atoms with Gasteiger partial charge in [0.1, 0.15) is 11.5 Å². The molecule has 5 aromatic carbocycles. The summed E-state index contributed by atoms with van der Waals surface area (Å²) < 4.78 is 137. The van der Waals surface area contributed by atoms with Crippen molar-refractivity contribution in [3.05, 3.63) is 130 Å². The van der Waals surface area contributed by atoms with Gasteiger partial charge in [-0.3, -0.25) is 0 Å². The van der Waals surface area contributed by atoms with Gasteiger partial charge < -0.3 is 8.37 Å². The molecule has 0 saturated carbocycles. The third-order valence-corrected chi connectivity index (χ3v) is 11.3. The molecule has 0 heterocycles. The summed E-state index contributed by atoms with van der Waals surface area (Å²) in [5.41, 5.74) is -8.01. The molecule has 0 fully saturated rings. The van der Waals surface area contributed by atoms with Crippen molar-refractivity contribution in [1.29, 1.82) is 0 Å². The molecule has 0 aromatic heterocycles. The lowest BCUT2D eigenvalue weighted by Gasteiger charge is -2.35. The lowest BCUT2D eigenvalue weighted by atomic mass is 9.66. The van der Waals surface area contributed by atoms with Crippen molar-refractivity contribution in [1.82, 2.24) is 0 Å². The fraction of sp³-hybridized carbons (Fsp3) is 0.282. The maximum absolute atomic E-state index is 13.5. The number of fused-ring (bicyclic) bond motifs is 4. The van der Waals surface area contributed by atoms with Crippen LogP contribution in [0.15, 0.2) is 97.1 Å². The molecule has 0 N–H and O–H groups in total. The van der Waals surface area contributed by atoms with E-state index >= 15 is 0 Å². The second-order valence-corrected chi connectivity index (χ2v) is 18.1. The molecule has 0 unspecified atom stereocenters. The zero-order valence-electron chi connectivity index (χ0n) is 29.3. The van der Waals surface area contributed by atoms with Crippen molar-refractivity contribution in [2.45, 2.75) is 68.8 Å². The van der Waals surface area contributed by atoms with Gasteiger partial charge in [-0.05, 0) is 103 Å². The smallest absolute Gasteiger partial charge is 0.376 e. The Kier molecular flexibility index (Phi) is 8.81. The first kappa shape index (κ1) is 38.2. The second kappa shape index (κ2) is 12.2. The van der Waals surface area contributed by atoms with Crippen molar-refractivity contribution in [2.24, 2.45) is 0 Å². The SMILES string of the molecule is CC(C)(C)c1ccc(C2(c3ccc(C(C)(C)C)cc3)c3cc(OS(=O)(=O)C(F)(F)F)ccc3-c3cc4ccc(OS(=O)(=O)C(F)(F)F)cc4cc32)cc1. The van der Waals surface area contributed by atoms with E-state index in [1.807, 2.05) is 90.1 Å². The van der Waals surface area contributed by atoms with Crippen LogP contribution in [0.1, 0.15) is 74.9 Å². The molecule has 53 heavy (non-hydrogen) atoms. The molecule has 1 aliphatic rings. The first-order valence-electron chi connectivity index (χ1n) is 16.2. The van der Waals surface area contributed by atoms with Gasteiger partial charge in [-0.1, -0.05) is 102 Å². The van der Waals surface area contributed by atoms with E-state index in [2.05, 4.69) is 8.37 Å². The van der Waals surface area contributed by atoms with E-state index in [0.717, 1.165) is 29.3 Å². The molecule has 280 valence electrons. The molecular weight excluding hydrogens is 743 g/mol. The average molecular weight is 777 g/mol. The van der Waals surface area contributed by atoms with E-state index in [0.29, 0.717) is 44.2 Å². The second-order valence-electron chi connectivity index (χ2n) is 15.0. The van der Waals surface area contributed by atoms with Crippen molar-refractivity contribution >= 4 is 31.0 Å². The van der Waals surface area contributed by atoms with Gasteiger partial charge in [0.05, 0.1) is 5.41 Å². The predicted molar refractivity (Wildman–Crippen MR) is 190 cm³/mol. The van der Waals surface area contributed by atoms with E-state index < -0.39 is 48.2 Å². The molecule has 0 spiro atoms. The van der Waals surface area contributed by atoms with E-state index in [9.17, 15) is 43.2 Å². The Labute approximate surface area is 303 Å². The molecule has 0 aliphatic heterocycles. The van der Waals surface area contributed by atoms with Gasteiger partial charge in [0.15, 0.2) is 0 Å². The topological polar surface area (TPSA) is 86.7 Å². The fourth-order valence-electron chi connectivity index (χ4n) is 6.70. The molecule has 6 rings (SSSR count). The highest BCUT2D eigenvalue weighted by molar-refractivity contribution is 7.88. The van der Waals surface area contributed by atoms with E-state index in [1.165, 1.54) is 18.2 Å². The predicted octanol–water partition coefficient (Wildman–Crippen LogP) is 10.3. The van der Waals surface area contributed by atoms with E-state index in [4.69, 9.17) is 0 Å². The van der Waals surface area contributed by atoms with Gasteiger partial charge in [-0.2, -0.15) is 43.2 Å². The maximum atomic E-state index is 13.5. The Bertz CT molecular complexity index is 2400. The highest BCUT2D eigenvalue weighted by Crippen LogP contribution is 2.58. The van der Waals surface area contributed by atoms with Crippen LogP contribution in [0.25, 0.3) is 21.9 Å². The van der Waals surface area contributed by atoms with Gasteiger partial charge in [-0.15, -0.1) is 0 Å². The molecule has 6 nitrogen and oxygen atoms in total. The lowest BCUT2D eigenvalue weighted by molar-refractivity contribution is -0.0504. The van der Waals surface area contributed by atoms with E-state index in [1.54, 1.807) is 12.1 Å². The molecule has 0 atom stereocenters. The Morgan fingerprint density at radius 1 is 0.472 bits per heavy atom. The van der Waals surface area contributed by atoms with Crippen LogP contribution < -0.4 is 8.37 Å². The fourth-order valence-corrected chi connectivity index (χ4v) is 7.61. The van der Waals surface area contributed by atoms with Crippen LogP contribution in [-0.2, 0) is 36.5 Å². The van der Waals surface area contributed by atoms with Crippen LogP contribution in [0.4, 0.5) is 26.3 Å². The van der Waals surface area contributed by atoms with Gasteiger partial charge in [-0.25, -0.2) is 0 Å². The highest BCUT2D eigenvalue weighted by Gasteiger charge is 2.51. The van der Waals surface area contributed by atoms with Crippen molar-refractivity contribution in [3.63, 3.8) is 0 Å². The molecule has 0 amide bonds. The number of hydrogen-bond acceptors (Lipinski definition) is 6. The standard InChI is InChI=1S/C39H34F6O6S2/c1-35(2,3)25-8-12-27(13-9-25)37(28-14-10-26(11-15-28)36(4,5)6)33-21-24-19-29(50-52(46,47)38(40,41)42)16-7-23(24)20-32(33)31-18-17-30(22-34(31)37)51-53(48,49)39(43,44)45/h7-22H,1-6H3. The molecule has 0 bridgehead atoms. The lowest BCUT2D eigenvalue weighted by Crippen LogP contribution is -2.30. The summed E-state index contributed by atoms with van der Waals surface area (Å²) in [4.78, 5) is 0. The first-order valence-corrected chi connectivity index (χ1v) is 19.0. The number of rotatable bonds is 6. The van der Waals surface area contributed by atoms with Crippen LogP contribution in [0.5, 0.6) is 11.5 Å². The summed E-state index contributed by atoms with van der Waals surface area (Å²) in [5, 5.41) is 0.776. The highest BCUT2D eigenvalue weighted by atomic mass is 32.2. The summed E-state index contributed by atoms with van der Waals surface area (Å²) in [5.74, 6) is -1.18. The van der Waals surface area contributed by atoms with Crippen molar-refractivity contribution in [3.8, 4) is 22.6 Å². The Hall–Kier alpha value is -4.56. The number of alkyl halides is 6. The summed E-state index contributed by atoms with van der Waals surface area (Å²) >= 11 is 0. The minimum absolute atomic E-state index is 0.262. The number of hydrogen-bond donors (Lipinski definition) is 0. The minimum Gasteiger partial charge on any atom is -0.376 e. The molecule has 0 radical (unpaired) electrons. The third-order valence-electron chi connectivity index (χ3n) is 9.38. The zero-order chi connectivity index (χ0) is 39.2. The maximum Gasteiger partial charge on any atom is 0.534 e. The van der Waals surface area contributed by atoms with Crippen LogP contribution >= 0.6 is 0 Å². The van der Waals surface area contributed by atoms with Gasteiger partial charge in [0.25, 0.3) is 0 Å². The molecule has 14 heteroatoms. The van der Waals surface area contributed by atoms with Gasteiger partial charge in [0.2, 0.25) is 0 Å². The van der Waals surface area contributed by atoms with Crippen molar-refractivity contribution in [2.75, 3.05) is 0 Å². The minimum atomic E-state index is -6.05. The van der Waals surface area contributed by atoms with Crippen LogP contribution in [-0.4, -0.2) is 27.9 Å². The number of halogens is 6. The van der Waals surface area contributed by atoms with Crippen LogP contribution in [0.2, 0.25) is 0 Å². The normalized spacial score (nSPS) is 14.9. The molecule has 1 aliphatic carbocycles. The summed E-state index contributed by atoms with van der Waals surface area (Å²) in [6.45, 7) is 12.2. The Morgan fingerprint density at radius 3 is 1.32 bits per heavy atom. The van der Waals surface area contributed by atoms with Crippen LogP contribution in [0, 0.1) is 0 Å². The third kappa shape index (κ3) is 6.64. The van der Waals surface area contributed by atoms with E-state index in [-0.39, 0.29) is 10.8 Å². The first-order chi connectivity index (χ1) is 24.3. The zero-order valence-corrected chi connectivity index (χ0v) is 30.9. The Morgan fingerprint density at radius 2 is 0.887 bits per heavy atom. The summed E-state index contributed by atoms with van der Waals surface area (Å²) in [6.07, 6.45) is 0. The van der Waals surface area contributed by atoms with Gasteiger partial charge >= 0.3 is 31.3 Å². The average Bonchev–Trinajstić information content (AvgIpc) is 3.30. The molecule has 0 saturated heterocycles. The van der Waals surface area contributed by atoms with Gasteiger partial charge in [0, 0.05) is 0 Å². The summed E-state index contributed by atoms with van der Waals surface area (Å²) in [6, 6.07) is 26.0. The quantitative estimate of drug-likeness (QED) is 0.0951. The monoisotopic (exact) mass is 776 g/mol. The molecule has 5 aromatic rings. The summed E-state index contributed by atoms with van der Waals surface area (Å²) in [7, 11) is -12.0. The van der Waals surface area contributed by atoms with Crippen LogP contribution in [0.3, 0.4) is 0 Å². The largest absolute Gasteiger partial charge is 0.534 e. The van der Waals surface area contributed by atoms with Crippen molar-refractivity contribution < 1.29 is 51.5 Å². The Balaban J connectivity index is 1.70.